The monoisotopic (exact) mass is 333 g/mol. The average molecular weight is 333 g/mol. The van der Waals surface area contributed by atoms with E-state index in [2.05, 4.69) is 22.0 Å². The van der Waals surface area contributed by atoms with Crippen molar-refractivity contribution in [2.75, 3.05) is 30.8 Å². The van der Waals surface area contributed by atoms with E-state index in [0.29, 0.717) is 22.7 Å². The minimum atomic E-state index is 0.160. The fourth-order valence-corrected chi connectivity index (χ4v) is 3.19. The number of ether oxygens (including phenoxy) is 1. The summed E-state index contributed by atoms with van der Waals surface area (Å²) in [6.07, 6.45) is 3.30. The third kappa shape index (κ3) is 3.07. The normalized spacial score (nSPS) is 13.8. The van der Waals surface area contributed by atoms with Crippen LogP contribution in [0.3, 0.4) is 0 Å². The van der Waals surface area contributed by atoms with Gasteiger partial charge in [0, 0.05) is 18.7 Å². The van der Waals surface area contributed by atoms with Gasteiger partial charge in [-0.1, -0.05) is 12.1 Å². The van der Waals surface area contributed by atoms with Crippen LogP contribution in [0.15, 0.2) is 24.3 Å². The molecule has 0 spiro atoms. The van der Waals surface area contributed by atoms with Gasteiger partial charge in [-0.2, -0.15) is 10.5 Å². The standard InChI is InChI=1S/C19H19N5O/c1-25-14-7-5-13(6-8-14)17-15(11-20)18(22)23-19(16(17)12-21)24-9-3-2-4-10-24/h5-8H,2-4,9-10H2,1H3,(H2,22,23). The highest BCUT2D eigenvalue weighted by molar-refractivity contribution is 5.85. The first-order valence-electron chi connectivity index (χ1n) is 8.22. The van der Waals surface area contributed by atoms with Crippen molar-refractivity contribution < 1.29 is 4.74 Å². The molecular formula is C19H19N5O. The molecule has 0 aliphatic carbocycles. The summed E-state index contributed by atoms with van der Waals surface area (Å²) in [5, 5.41) is 19.4. The van der Waals surface area contributed by atoms with Gasteiger partial charge >= 0.3 is 0 Å². The van der Waals surface area contributed by atoms with E-state index in [1.165, 1.54) is 6.42 Å². The summed E-state index contributed by atoms with van der Waals surface area (Å²) >= 11 is 0. The van der Waals surface area contributed by atoms with Gasteiger partial charge in [0.15, 0.2) is 0 Å². The predicted octanol–water partition coefficient (Wildman–Crippen LogP) is 3.07. The molecule has 1 fully saturated rings. The van der Waals surface area contributed by atoms with Gasteiger partial charge in [-0.05, 0) is 37.0 Å². The maximum atomic E-state index is 9.81. The fraction of sp³-hybridized carbons (Fsp3) is 0.316. The second-order valence-corrected chi connectivity index (χ2v) is 5.95. The van der Waals surface area contributed by atoms with E-state index in [1.54, 1.807) is 19.2 Å². The molecule has 126 valence electrons. The molecule has 1 aromatic carbocycles. The van der Waals surface area contributed by atoms with Crippen molar-refractivity contribution in [3.63, 3.8) is 0 Å². The highest BCUT2D eigenvalue weighted by Crippen LogP contribution is 2.36. The molecule has 2 N–H and O–H groups in total. The number of nitrogen functional groups attached to an aromatic ring is 1. The van der Waals surface area contributed by atoms with Crippen molar-refractivity contribution >= 4 is 11.6 Å². The number of nitriles is 2. The minimum Gasteiger partial charge on any atom is -0.497 e. The maximum absolute atomic E-state index is 9.81. The van der Waals surface area contributed by atoms with Crippen molar-refractivity contribution in [2.45, 2.75) is 19.3 Å². The van der Waals surface area contributed by atoms with Crippen LogP contribution in [0.5, 0.6) is 5.75 Å². The number of hydrogen-bond acceptors (Lipinski definition) is 6. The Morgan fingerprint density at radius 3 is 2.24 bits per heavy atom. The van der Waals surface area contributed by atoms with E-state index in [-0.39, 0.29) is 11.4 Å². The van der Waals surface area contributed by atoms with Gasteiger partial charge in [0.05, 0.1) is 7.11 Å². The second kappa shape index (κ2) is 7.11. The molecule has 6 heteroatoms. The van der Waals surface area contributed by atoms with Crippen LogP contribution in [-0.2, 0) is 0 Å². The average Bonchev–Trinajstić information content (AvgIpc) is 2.68. The van der Waals surface area contributed by atoms with Gasteiger partial charge < -0.3 is 15.4 Å². The Kier molecular flexibility index (Phi) is 4.72. The molecule has 0 saturated carbocycles. The molecule has 6 nitrogen and oxygen atoms in total. The highest BCUT2D eigenvalue weighted by atomic mass is 16.5. The lowest BCUT2D eigenvalue weighted by atomic mass is 9.95. The number of piperidine rings is 1. The van der Waals surface area contributed by atoms with Crippen LogP contribution < -0.4 is 15.4 Å². The van der Waals surface area contributed by atoms with Crippen molar-refractivity contribution in [3.05, 3.63) is 35.4 Å². The SMILES string of the molecule is COc1ccc(-c2c(C#N)c(N)nc(N3CCCCC3)c2C#N)cc1. The quantitative estimate of drug-likeness (QED) is 0.926. The summed E-state index contributed by atoms with van der Waals surface area (Å²) in [6, 6.07) is 11.6. The largest absolute Gasteiger partial charge is 0.497 e. The lowest BCUT2D eigenvalue weighted by Crippen LogP contribution is -2.31. The molecule has 1 aliphatic heterocycles. The number of benzene rings is 1. The summed E-state index contributed by atoms with van der Waals surface area (Å²) in [7, 11) is 1.59. The summed E-state index contributed by atoms with van der Waals surface area (Å²) in [4.78, 5) is 6.48. The van der Waals surface area contributed by atoms with Crippen LogP contribution in [0.1, 0.15) is 30.4 Å². The van der Waals surface area contributed by atoms with Crippen molar-refractivity contribution in [3.8, 4) is 29.0 Å². The Morgan fingerprint density at radius 1 is 1.04 bits per heavy atom. The van der Waals surface area contributed by atoms with Crippen LogP contribution in [0.2, 0.25) is 0 Å². The Morgan fingerprint density at radius 2 is 1.68 bits per heavy atom. The number of anilines is 2. The van der Waals surface area contributed by atoms with Gasteiger partial charge in [0.25, 0.3) is 0 Å². The first-order chi connectivity index (χ1) is 12.2. The highest BCUT2D eigenvalue weighted by Gasteiger charge is 2.24. The number of rotatable bonds is 3. The molecule has 2 heterocycles. The molecule has 1 aliphatic rings. The Labute approximate surface area is 147 Å². The molecule has 0 radical (unpaired) electrons. The van der Waals surface area contributed by atoms with Crippen molar-refractivity contribution in [1.29, 1.82) is 10.5 Å². The molecule has 1 aromatic heterocycles. The number of pyridine rings is 1. The predicted molar refractivity (Wildman–Crippen MR) is 96.1 cm³/mol. The van der Waals surface area contributed by atoms with E-state index in [9.17, 15) is 10.5 Å². The second-order valence-electron chi connectivity index (χ2n) is 5.95. The van der Waals surface area contributed by atoms with Gasteiger partial charge in [-0.15, -0.1) is 0 Å². The number of nitrogens with zero attached hydrogens (tertiary/aromatic N) is 4. The molecule has 25 heavy (non-hydrogen) atoms. The number of hydrogen-bond donors (Lipinski definition) is 1. The van der Waals surface area contributed by atoms with Crippen LogP contribution in [0.4, 0.5) is 11.6 Å². The summed E-state index contributed by atoms with van der Waals surface area (Å²) in [6.45, 7) is 1.68. The van der Waals surface area contributed by atoms with E-state index >= 15 is 0 Å². The summed E-state index contributed by atoms with van der Waals surface area (Å²) in [5.41, 5.74) is 7.99. The molecule has 2 aromatic rings. The molecule has 3 rings (SSSR count). The molecule has 0 atom stereocenters. The summed E-state index contributed by atoms with van der Waals surface area (Å²) in [5.74, 6) is 1.44. The molecule has 1 saturated heterocycles. The van der Waals surface area contributed by atoms with Crippen molar-refractivity contribution in [2.24, 2.45) is 0 Å². The van der Waals surface area contributed by atoms with E-state index in [0.717, 1.165) is 31.5 Å². The molecule has 0 unspecified atom stereocenters. The van der Waals surface area contributed by atoms with Gasteiger partial charge in [-0.3, -0.25) is 0 Å². The third-order valence-corrected chi connectivity index (χ3v) is 4.46. The number of aromatic nitrogens is 1. The zero-order chi connectivity index (χ0) is 17.8. The van der Waals surface area contributed by atoms with Crippen LogP contribution in [0.25, 0.3) is 11.1 Å². The molecular weight excluding hydrogens is 314 g/mol. The molecule has 0 amide bonds. The van der Waals surface area contributed by atoms with Crippen LogP contribution in [0, 0.1) is 22.7 Å². The first-order valence-corrected chi connectivity index (χ1v) is 8.22. The molecule has 0 bridgehead atoms. The zero-order valence-electron chi connectivity index (χ0n) is 14.1. The maximum Gasteiger partial charge on any atom is 0.149 e. The van der Waals surface area contributed by atoms with E-state index in [4.69, 9.17) is 10.5 Å². The van der Waals surface area contributed by atoms with Gasteiger partial charge in [-0.25, -0.2) is 4.98 Å². The Balaban J connectivity index is 2.22. The number of nitrogens with two attached hydrogens (primary N) is 1. The zero-order valence-corrected chi connectivity index (χ0v) is 14.1. The van der Waals surface area contributed by atoms with Crippen molar-refractivity contribution in [1.82, 2.24) is 4.98 Å². The lowest BCUT2D eigenvalue weighted by molar-refractivity contribution is 0.415. The van der Waals surface area contributed by atoms with Crippen LogP contribution >= 0.6 is 0 Å². The van der Waals surface area contributed by atoms with E-state index in [1.807, 2.05) is 12.1 Å². The smallest absolute Gasteiger partial charge is 0.149 e. The van der Waals surface area contributed by atoms with Gasteiger partial charge in [0.2, 0.25) is 0 Å². The Bertz CT molecular complexity index is 855. The van der Waals surface area contributed by atoms with Gasteiger partial charge in [0.1, 0.15) is 40.7 Å². The van der Waals surface area contributed by atoms with E-state index < -0.39 is 0 Å². The topological polar surface area (TPSA) is 99.0 Å². The fourth-order valence-electron chi connectivity index (χ4n) is 3.19. The van der Waals surface area contributed by atoms with Crippen LogP contribution in [-0.4, -0.2) is 25.2 Å². The minimum absolute atomic E-state index is 0.160. The number of methoxy groups -OCH3 is 1. The Hall–Kier alpha value is -3.25. The third-order valence-electron chi connectivity index (χ3n) is 4.46. The summed E-state index contributed by atoms with van der Waals surface area (Å²) < 4.78 is 5.19. The first kappa shape index (κ1) is 16.6. The lowest BCUT2D eigenvalue weighted by Gasteiger charge is -2.29.